The average molecular weight is 824 g/mol. The molecule has 7 aliphatic rings. The number of allylic oxidation sites excluding steroid dienone is 7. The maximum atomic E-state index is 6.70. The van der Waals surface area contributed by atoms with Crippen LogP contribution in [0, 0.1) is 29.1 Å². The molecule has 7 aliphatic carbocycles. The smallest absolute Gasteiger partial charge is 0.139 e. The van der Waals surface area contributed by atoms with E-state index in [1.165, 1.54) is 111 Å². The molecule has 15 rings (SSSR count). The van der Waals surface area contributed by atoms with Crippen LogP contribution in [0.15, 0.2) is 198 Å². The van der Waals surface area contributed by atoms with Crippen molar-refractivity contribution in [2.24, 2.45) is 29.1 Å². The van der Waals surface area contributed by atoms with Crippen LogP contribution in [-0.4, -0.2) is 0 Å². The molecule has 0 N–H and O–H groups in total. The van der Waals surface area contributed by atoms with Crippen LogP contribution in [0.3, 0.4) is 0 Å². The number of fused-ring (bicyclic) bond motifs is 11. The Labute approximate surface area is 374 Å². The van der Waals surface area contributed by atoms with E-state index in [-0.39, 0.29) is 11.3 Å². The van der Waals surface area contributed by atoms with Gasteiger partial charge < -0.3 is 9.32 Å². The van der Waals surface area contributed by atoms with E-state index < -0.39 is 0 Å². The predicted octanol–water partition coefficient (Wildman–Crippen LogP) is 16.3. The van der Waals surface area contributed by atoms with Gasteiger partial charge >= 0.3 is 0 Å². The molecule has 0 radical (unpaired) electrons. The highest BCUT2D eigenvalue weighted by Gasteiger charge is 2.84. The maximum absolute atomic E-state index is 6.70. The molecule has 308 valence electrons. The average Bonchev–Trinajstić information content (AvgIpc) is 4.09. The number of nitrogens with zero attached hydrogens (tertiary/aromatic N) is 1. The Morgan fingerprint density at radius 2 is 1.42 bits per heavy atom. The lowest BCUT2D eigenvalue weighted by Crippen LogP contribution is -2.74. The minimum Gasteiger partial charge on any atom is -0.456 e. The zero-order valence-electron chi connectivity index (χ0n) is 36.0. The molecule has 7 atom stereocenters. The van der Waals surface area contributed by atoms with E-state index >= 15 is 0 Å². The van der Waals surface area contributed by atoms with Crippen molar-refractivity contribution in [1.29, 1.82) is 0 Å². The number of furan rings is 1. The van der Waals surface area contributed by atoms with Crippen molar-refractivity contribution in [2.45, 2.75) is 56.3 Å². The number of hydrogen-bond acceptors (Lipinski definition) is 2. The van der Waals surface area contributed by atoms with Gasteiger partial charge in [0.2, 0.25) is 0 Å². The summed E-state index contributed by atoms with van der Waals surface area (Å²) >= 11 is 0. The molecule has 8 aromatic rings. The third kappa shape index (κ3) is 4.51. The maximum Gasteiger partial charge on any atom is 0.139 e. The van der Waals surface area contributed by atoms with E-state index in [9.17, 15) is 0 Å². The topological polar surface area (TPSA) is 16.4 Å². The number of hydrogen-bond donors (Lipinski definition) is 0. The van der Waals surface area contributed by atoms with Crippen LogP contribution < -0.4 is 4.90 Å². The first-order valence-corrected chi connectivity index (χ1v) is 24.0. The van der Waals surface area contributed by atoms with Crippen LogP contribution in [0.2, 0.25) is 0 Å². The lowest BCUT2D eigenvalue weighted by molar-refractivity contribution is -0.234. The first kappa shape index (κ1) is 35.8. The molecule has 7 unspecified atom stereocenters. The highest BCUT2D eigenvalue weighted by molar-refractivity contribution is 6.09. The number of rotatable bonds is 6. The normalized spacial score (nSPS) is 27.8. The van der Waals surface area contributed by atoms with Gasteiger partial charge in [0.05, 0.1) is 5.69 Å². The monoisotopic (exact) mass is 823 g/mol. The molecule has 64 heavy (non-hydrogen) atoms. The summed E-state index contributed by atoms with van der Waals surface area (Å²) < 4.78 is 6.70. The van der Waals surface area contributed by atoms with Crippen molar-refractivity contribution in [3.63, 3.8) is 0 Å². The van der Waals surface area contributed by atoms with Gasteiger partial charge in [-0.3, -0.25) is 0 Å². The van der Waals surface area contributed by atoms with Crippen molar-refractivity contribution in [1.82, 2.24) is 0 Å². The predicted molar refractivity (Wildman–Crippen MR) is 264 cm³/mol. The van der Waals surface area contributed by atoms with Crippen LogP contribution in [0.25, 0.3) is 60.5 Å². The molecule has 2 spiro atoms. The SMILES string of the molecule is C1=CC2=C(CC1)C1(c3cc(N(C4=CC(c5cccc6c5oc5ccccc56)CC=C4)c4ccccc4-c4cccc5cccc(-c6ccccc6)c45)ccc32)C2CC3CC4CC1C42C3. The zero-order chi connectivity index (χ0) is 41.7. The second-order valence-electron chi connectivity index (χ2n) is 20.2. The van der Waals surface area contributed by atoms with Crippen LogP contribution in [0.1, 0.15) is 67.6 Å². The Morgan fingerprint density at radius 1 is 0.625 bits per heavy atom. The summed E-state index contributed by atoms with van der Waals surface area (Å²) in [7, 11) is 0. The first-order chi connectivity index (χ1) is 31.7. The van der Waals surface area contributed by atoms with Crippen molar-refractivity contribution >= 4 is 49.7 Å². The third-order valence-corrected chi connectivity index (χ3v) is 17.7. The summed E-state index contributed by atoms with van der Waals surface area (Å²) in [6.45, 7) is 0. The fourth-order valence-electron chi connectivity index (χ4n) is 15.6. The highest BCUT2D eigenvalue weighted by atomic mass is 16.3. The standard InChI is InChI=1S/C62H49NO/c1-2-14-39(15-3-1)45-23-11-16-40-17-12-25-51(59(40)45)49-21-5-8-28-55(49)63(43-19-10-18-41(34-43)46-24-13-26-52-50-22-6-9-29-56(50)64-60(46)52)44-30-31-48-47-20-4-7-27-53(47)62(54(48)36-44)57-33-38-32-42-35-58(62)61(42,57)37-38/h1-6,8-17,19-26,28-31,34,36,38,41-42,57-58H,7,18,27,32-33,35,37H2. The Morgan fingerprint density at radius 3 is 2.34 bits per heavy atom. The van der Waals surface area contributed by atoms with Gasteiger partial charge in [0.1, 0.15) is 11.2 Å². The van der Waals surface area contributed by atoms with Gasteiger partial charge in [-0.25, -0.2) is 0 Å². The number of anilines is 2. The zero-order valence-corrected chi connectivity index (χ0v) is 36.0. The van der Waals surface area contributed by atoms with Gasteiger partial charge in [-0.2, -0.15) is 0 Å². The van der Waals surface area contributed by atoms with Gasteiger partial charge in [0, 0.05) is 44.6 Å². The van der Waals surface area contributed by atoms with Crippen LogP contribution in [-0.2, 0) is 5.41 Å². The molecule has 0 aliphatic heterocycles. The molecule has 4 fully saturated rings. The summed E-state index contributed by atoms with van der Waals surface area (Å²) in [6, 6.07) is 56.7. The number of para-hydroxylation sites is 3. The molecule has 7 aromatic carbocycles. The van der Waals surface area contributed by atoms with E-state index in [0.29, 0.717) is 5.41 Å². The van der Waals surface area contributed by atoms with Gasteiger partial charge in [0.25, 0.3) is 0 Å². The largest absolute Gasteiger partial charge is 0.456 e. The van der Waals surface area contributed by atoms with Crippen molar-refractivity contribution in [3.05, 3.63) is 210 Å². The molecule has 0 saturated heterocycles. The molecular formula is C62H49NO. The molecule has 2 nitrogen and oxygen atoms in total. The van der Waals surface area contributed by atoms with Crippen LogP contribution >= 0.6 is 0 Å². The molecule has 1 aromatic heterocycles. The fourth-order valence-corrected chi connectivity index (χ4v) is 15.6. The lowest BCUT2D eigenvalue weighted by Gasteiger charge is -2.77. The van der Waals surface area contributed by atoms with Gasteiger partial charge in [-0.15, -0.1) is 0 Å². The van der Waals surface area contributed by atoms with Gasteiger partial charge in [-0.1, -0.05) is 157 Å². The summed E-state index contributed by atoms with van der Waals surface area (Å²) in [4.78, 5) is 2.63. The summed E-state index contributed by atoms with van der Waals surface area (Å²) in [6.07, 6.45) is 21.5. The lowest BCUT2D eigenvalue weighted by atomic mass is 9.26. The van der Waals surface area contributed by atoms with Gasteiger partial charge in [-0.05, 0) is 149 Å². The first-order valence-electron chi connectivity index (χ1n) is 24.0. The Bertz CT molecular complexity index is 3430. The van der Waals surface area contributed by atoms with E-state index in [4.69, 9.17) is 4.42 Å². The quantitative estimate of drug-likeness (QED) is 0.166. The molecular weight excluding hydrogens is 775 g/mol. The van der Waals surface area contributed by atoms with E-state index in [0.717, 1.165) is 41.3 Å². The highest BCUT2D eigenvalue weighted by Crippen LogP contribution is 2.90. The van der Waals surface area contributed by atoms with Gasteiger partial charge in [0.15, 0.2) is 0 Å². The molecule has 2 heteroatoms. The molecule has 4 saturated carbocycles. The molecule has 2 bridgehead atoms. The summed E-state index contributed by atoms with van der Waals surface area (Å²) in [5.74, 6) is 3.65. The Balaban J connectivity index is 0.953. The van der Waals surface area contributed by atoms with E-state index in [1.807, 2.05) is 0 Å². The summed E-state index contributed by atoms with van der Waals surface area (Å²) in [5.41, 5.74) is 19.2. The minimum atomic E-state index is 0.147. The number of benzene rings is 7. The summed E-state index contributed by atoms with van der Waals surface area (Å²) in [5, 5.41) is 4.92. The van der Waals surface area contributed by atoms with E-state index in [1.54, 1.807) is 16.7 Å². The van der Waals surface area contributed by atoms with Crippen molar-refractivity contribution in [3.8, 4) is 22.3 Å². The third-order valence-electron chi connectivity index (χ3n) is 17.7. The van der Waals surface area contributed by atoms with Crippen molar-refractivity contribution < 1.29 is 4.42 Å². The Hall–Kier alpha value is -6.64. The Kier molecular flexibility index (Phi) is 7.26. The van der Waals surface area contributed by atoms with E-state index in [2.05, 4.69) is 187 Å². The molecule has 1 heterocycles. The fraction of sp³-hybridized carbons (Fsp3) is 0.226. The van der Waals surface area contributed by atoms with Crippen LogP contribution in [0.4, 0.5) is 11.4 Å². The minimum absolute atomic E-state index is 0.147. The van der Waals surface area contributed by atoms with Crippen molar-refractivity contribution in [2.75, 3.05) is 4.90 Å². The second-order valence-corrected chi connectivity index (χ2v) is 20.2. The second kappa shape index (κ2) is 13.0. The molecule has 0 amide bonds. The van der Waals surface area contributed by atoms with Crippen LogP contribution in [0.5, 0.6) is 0 Å².